The summed E-state index contributed by atoms with van der Waals surface area (Å²) < 4.78 is 18.4. The molecule has 1 aliphatic heterocycles. The smallest absolute Gasteiger partial charge is 0.312 e. The van der Waals surface area contributed by atoms with Gasteiger partial charge in [0.05, 0.1) is 9.95 Å². The number of hydrogen-bond acceptors (Lipinski definition) is 4. The average Bonchev–Trinajstić information content (AvgIpc) is 2.16. The normalized spacial score (nSPS) is 15.6. The fourth-order valence-electron chi connectivity index (χ4n) is 1.28. The predicted octanol–water partition coefficient (Wildman–Crippen LogP) is 1.74. The Labute approximate surface area is 95.3 Å². The summed E-state index contributed by atoms with van der Waals surface area (Å²) in [6.45, 7) is 1.20. The Hall–Kier alpha value is -1.40. The van der Waals surface area contributed by atoms with Crippen molar-refractivity contribution < 1.29 is 14.1 Å². The lowest BCUT2D eigenvalue weighted by molar-refractivity contribution is -0.386. The molecule has 0 spiro atoms. The first-order valence-corrected chi connectivity index (χ1v) is 4.96. The molecule has 1 aliphatic rings. The van der Waals surface area contributed by atoms with E-state index >= 15 is 0 Å². The van der Waals surface area contributed by atoms with Crippen LogP contribution in [0.5, 0.6) is 5.75 Å². The van der Waals surface area contributed by atoms with Crippen LogP contribution in [-0.2, 0) is 0 Å². The highest BCUT2D eigenvalue weighted by Gasteiger charge is 2.25. The number of hydrogen-bond donors (Lipinski definition) is 1. The zero-order chi connectivity index (χ0) is 11.7. The number of nitro groups is 1. The standard InChI is InChI=1S/C9H8ClFN2O3/c10-6-1-8(13(14)15)9(2-7(6)11)16-5-3-12-4-5/h1-2,5,12H,3-4H2. The van der Waals surface area contributed by atoms with Crippen molar-refractivity contribution in [1.82, 2.24) is 5.32 Å². The lowest BCUT2D eigenvalue weighted by atomic mass is 10.2. The van der Waals surface area contributed by atoms with E-state index in [2.05, 4.69) is 5.32 Å². The molecule has 1 fully saturated rings. The minimum absolute atomic E-state index is 0.0848. The Morgan fingerprint density at radius 2 is 2.25 bits per heavy atom. The highest BCUT2D eigenvalue weighted by Crippen LogP contribution is 2.33. The van der Waals surface area contributed by atoms with Gasteiger partial charge in [-0.2, -0.15) is 0 Å². The second-order valence-corrected chi connectivity index (χ2v) is 3.80. The van der Waals surface area contributed by atoms with Gasteiger partial charge in [-0.3, -0.25) is 10.1 Å². The molecule has 0 unspecified atom stereocenters. The molecule has 0 radical (unpaired) electrons. The average molecular weight is 247 g/mol. The molecule has 1 saturated heterocycles. The van der Waals surface area contributed by atoms with Crippen LogP contribution in [0, 0.1) is 15.9 Å². The maximum absolute atomic E-state index is 13.1. The van der Waals surface area contributed by atoms with Crippen molar-refractivity contribution in [3.63, 3.8) is 0 Å². The number of nitrogens with one attached hydrogen (secondary N) is 1. The van der Waals surface area contributed by atoms with E-state index in [0.717, 1.165) is 12.1 Å². The van der Waals surface area contributed by atoms with Gasteiger partial charge in [-0.05, 0) is 0 Å². The number of halogens is 2. The van der Waals surface area contributed by atoms with Gasteiger partial charge >= 0.3 is 5.69 Å². The van der Waals surface area contributed by atoms with E-state index in [9.17, 15) is 14.5 Å². The van der Waals surface area contributed by atoms with Crippen LogP contribution < -0.4 is 10.1 Å². The Morgan fingerprint density at radius 3 is 2.75 bits per heavy atom. The van der Waals surface area contributed by atoms with Crippen molar-refractivity contribution in [3.05, 3.63) is 33.1 Å². The Balaban J connectivity index is 2.32. The van der Waals surface area contributed by atoms with Gasteiger partial charge in [0.1, 0.15) is 11.9 Å². The lowest BCUT2D eigenvalue weighted by Crippen LogP contribution is -2.50. The molecule has 1 N–H and O–H groups in total. The second-order valence-electron chi connectivity index (χ2n) is 3.39. The van der Waals surface area contributed by atoms with Crippen LogP contribution in [0.3, 0.4) is 0 Å². The third-order valence-corrected chi connectivity index (χ3v) is 2.53. The number of benzene rings is 1. The summed E-state index contributed by atoms with van der Waals surface area (Å²) in [4.78, 5) is 10.1. The third kappa shape index (κ3) is 2.07. The zero-order valence-electron chi connectivity index (χ0n) is 8.07. The van der Waals surface area contributed by atoms with E-state index in [1.165, 1.54) is 0 Å². The number of nitro benzene ring substituents is 1. The summed E-state index contributed by atoms with van der Waals surface area (Å²) >= 11 is 5.47. The largest absolute Gasteiger partial charge is 0.481 e. The van der Waals surface area contributed by atoms with Crippen molar-refractivity contribution in [3.8, 4) is 5.75 Å². The highest BCUT2D eigenvalue weighted by molar-refractivity contribution is 6.31. The van der Waals surface area contributed by atoms with Crippen molar-refractivity contribution in [2.75, 3.05) is 13.1 Å². The number of rotatable bonds is 3. The van der Waals surface area contributed by atoms with E-state index in [0.29, 0.717) is 13.1 Å². The molecule has 1 heterocycles. The van der Waals surface area contributed by atoms with E-state index in [1.54, 1.807) is 0 Å². The van der Waals surface area contributed by atoms with Gasteiger partial charge in [-0.15, -0.1) is 0 Å². The topological polar surface area (TPSA) is 64.4 Å². The van der Waals surface area contributed by atoms with Crippen molar-refractivity contribution >= 4 is 17.3 Å². The Morgan fingerprint density at radius 1 is 1.56 bits per heavy atom. The Bertz CT molecular complexity index is 437. The number of nitrogens with zero attached hydrogens (tertiary/aromatic N) is 1. The maximum Gasteiger partial charge on any atom is 0.312 e. The molecule has 1 aromatic carbocycles. The molecule has 16 heavy (non-hydrogen) atoms. The summed E-state index contributed by atoms with van der Waals surface area (Å²) in [5.74, 6) is -0.812. The zero-order valence-corrected chi connectivity index (χ0v) is 8.83. The summed E-state index contributed by atoms with van der Waals surface area (Å²) in [5.41, 5.74) is -0.321. The molecule has 5 nitrogen and oxygen atoms in total. The third-order valence-electron chi connectivity index (χ3n) is 2.24. The van der Waals surface area contributed by atoms with Gasteiger partial charge in [0.2, 0.25) is 5.75 Å². The molecule has 0 saturated carbocycles. The summed E-state index contributed by atoms with van der Waals surface area (Å²) in [7, 11) is 0. The first-order valence-electron chi connectivity index (χ1n) is 4.58. The molecule has 1 aromatic rings. The molecular weight excluding hydrogens is 239 g/mol. The van der Waals surface area contributed by atoms with E-state index < -0.39 is 10.7 Å². The van der Waals surface area contributed by atoms with Gasteiger partial charge in [0.25, 0.3) is 0 Å². The van der Waals surface area contributed by atoms with Gasteiger partial charge in [-0.25, -0.2) is 4.39 Å². The van der Waals surface area contributed by atoms with Crippen LogP contribution in [0.15, 0.2) is 12.1 Å². The molecule has 0 amide bonds. The first kappa shape index (κ1) is 11.1. The van der Waals surface area contributed by atoms with Gasteiger partial charge in [0, 0.05) is 25.2 Å². The molecule has 0 aliphatic carbocycles. The predicted molar refractivity (Wildman–Crippen MR) is 55.4 cm³/mol. The first-order chi connectivity index (χ1) is 7.58. The summed E-state index contributed by atoms with van der Waals surface area (Å²) in [6.07, 6.45) is -0.153. The van der Waals surface area contributed by atoms with Gasteiger partial charge in [-0.1, -0.05) is 11.6 Å². The summed E-state index contributed by atoms with van der Waals surface area (Å²) in [6, 6.07) is 1.90. The van der Waals surface area contributed by atoms with Crippen LogP contribution in [0.4, 0.5) is 10.1 Å². The molecule has 7 heteroatoms. The molecule has 86 valence electrons. The van der Waals surface area contributed by atoms with Crippen LogP contribution in [0.1, 0.15) is 0 Å². The lowest BCUT2D eigenvalue weighted by Gasteiger charge is -2.27. The fourth-order valence-corrected chi connectivity index (χ4v) is 1.44. The Kier molecular flexibility index (Phi) is 2.93. The minimum Gasteiger partial charge on any atom is -0.481 e. The van der Waals surface area contributed by atoms with Crippen molar-refractivity contribution in [1.29, 1.82) is 0 Å². The molecule has 2 rings (SSSR count). The SMILES string of the molecule is O=[N+]([O-])c1cc(Cl)c(F)cc1OC1CNC1. The van der Waals surface area contributed by atoms with Crippen LogP contribution in [-0.4, -0.2) is 24.1 Å². The van der Waals surface area contributed by atoms with Crippen molar-refractivity contribution in [2.24, 2.45) is 0 Å². The van der Waals surface area contributed by atoms with Crippen LogP contribution in [0.2, 0.25) is 5.02 Å². The van der Waals surface area contributed by atoms with E-state index in [-0.39, 0.29) is 22.6 Å². The van der Waals surface area contributed by atoms with Crippen molar-refractivity contribution in [2.45, 2.75) is 6.10 Å². The monoisotopic (exact) mass is 246 g/mol. The second kappa shape index (κ2) is 4.23. The number of ether oxygens (including phenoxy) is 1. The van der Waals surface area contributed by atoms with Crippen LogP contribution >= 0.6 is 11.6 Å². The molecular formula is C9H8ClFN2O3. The van der Waals surface area contributed by atoms with Crippen LogP contribution in [0.25, 0.3) is 0 Å². The van der Waals surface area contributed by atoms with Gasteiger partial charge < -0.3 is 10.1 Å². The fraction of sp³-hybridized carbons (Fsp3) is 0.333. The van der Waals surface area contributed by atoms with E-state index in [4.69, 9.17) is 16.3 Å². The van der Waals surface area contributed by atoms with Gasteiger partial charge in [0.15, 0.2) is 0 Å². The molecule has 0 bridgehead atoms. The maximum atomic E-state index is 13.1. The molecule has 0 atom stereocenters. The quantitative estimate of drug-likeness (QED) is 0.652. The highest BCUT2D eigenvalue weighted by atomic mass is 35.5. The molecule has 0 aromatic heterocycles. The van der Waals surface area contributed by atoms with E-state index in [1.807, 2.05) is 0 Å². The minimum atomic E-state index is -0.727. The summed E-state index contributed by atoms with van der Waals surface area (Å²) in [5, 5.41) is 13.4.